The largest absolute Gasteiger partial charge is 0.307 e. The molecule has 1 rings (SSSR count). The quantitative estimate of drug-likeness (QED) is 0.367. The van der Waals surface area contributed by atoms with Gasteiger partial charge in [-0.25, -0.2) is 0 Å². The number of hydrogen-bond donors (Lipinski definition) is 0. The highest BCUT2D eigenvalue weighted by Gasteiger charge is 2.11. The number of rotatable bonds is 8. The molecule has 0 aliphatic carbocycles. The molecule has 1 radical (unpaired) electrons. The number of benzene rings is 1. The minimum atomic E-state index is -1.35. The maximum atomic E-state index is 6.06. The van der Waals surface area contributed by atoms with Gasteiger partial charge in [0.05, 0.1) is 0 Å². The van der Waals surface area contributed by atoms with Crippen LogP contribution in [0.25, 0.3) is 0 Å². The molecule has 1 aromatic rings. The average molecular weight is 288 g/mol. The Kier molecular flexibility index (Phi) is 7.99. The summed E-state index contributed by atoms with van der Waals surface area (Å²) < 4.78 is 0. The fourth-order valence-corrected chi connectivity index (χ4v) is 3.80. The molecule has 0 nitrogen and oxygen atoms in total. The Morgan fingerprint density at radius 3 is 2.29 bits per heavy atom. The first-order valence-electron chi connectivity index (χ1n) is 6.52. The van der Waals surface area contributed by atoms with Crippen molar-refractivity contribution < 1.29 is 0 Å². The predicted molar refractivity (Wildman–Crippen MR) is 80.6 cm³/mol. The molecule has 0 bridgehead atoms. The van der Waals surface area contributed by atoms with E-state index in [0.29, 0.717) is 0 Å². The molecular formula is C14H21Cl2Si. The second-order valence-corrected chi connectivity index (χ2v) is 8.34. The Hall–Kier alpha value is 0.0169. The van der Waals surface area contributed by atoms with Crippen LogP contribution in [0.15, 0.2) is 24.3 Å². The molecule has 0 amide bonds. The van der Waals surface area contributed by atoms with E-state index < -0.39 is 7.42 Å². The van der Waals surface area contributed by atoms with Crippen LogP contribution in [0.2, 0.25) is 0 Å². The highest BCUT2D eigenvalue weighted by atomic mass is 35.7. The molecule has 0 spiro atoms. The summed E-state index contributed by atoms with van der Waals surface area (Å²) in [5.41, 5.74) is 1.35. The number of halogens is 2. The topological polar surface area (TPSA) is 0 Å². The lowest BCUT2D eigenvalue weighted by Gasteiger charge is -2.08. The Labute approximate surface area is 116 Å². The number of aryl methyl sites for hydroxylation is 1. The van der Waals surface area contributed by atoms with E-state index in [9.17, 15) is 0 Å². The van der Waals surface area contributed by atoms with E-state index in [4.69, 9.17) is 22.2 Å². The van der Waals surface area contributed by atoms with Crippen molar-refractivity contribution in [2.24, 2.45) is 0 Å². The zero-order valence-electron chi connectivity index (χ0n) is 10.5. The van der Waals surface area contributed by atoms with Crippen LogP contribution in [0.5, 0.6) is 0 Å². The fourth-order valence-electron chi connectivity index (χ4n) is 2.02. The van der Waals surface area contributed by atoms with Crippen LogP contribution in [-0.2, 0) is 6.42 Å². The van der Waals surface area contributed by atoms with Gasteiger partial charge in [0, 0.05) is 0 Å². The van der Waals surface area contributed by atoms with Crippen molar-refractivity contribution in [3.63, 3.8) is 0 Å². The summed E-state index contributed by atoms with van der Waals surface area (Å²) >= 11 is 12.1. The van der Waals surface area contributed by atoms with Crippen molar-refractivity contribution in [3.8, 4) is 0 Å². The summed E-state index contributed by atoms with van der Waals surface area (Å²) in [6.07, 6.45) is 9.11. The summed E-state index contributed by atoms with van der Waals surface area (Å²) in [5.74, 6) is 0. The van der Waals surface area contributed by atoms with Crippen LogP contribution in [-0.4, -0.2) is 7.42 Å². The van der Waals surface area contributed by atoms with Gasteiger partial charge in [-0.05, 0) is 23.6 Å². The SMILES string of the molecule is CCCCCCCCc1ccccc1[Si](Cl)Cl. The van der Waals surface area contributed by atoms with Crippen LogP contribution in [0.3, 0.4) is 0 Å². The normalized spacial score (nSPS) is 11.1. The van der Waals surface area contributed by atoms with Crippen molar-refractivity contribution >= 4 is 34.8 Å². The van der Waals surface area contributed by atoms with Crippen molar-refractivity contribution in [1.82, 2.24) is 0 Å². The minimum Gasteiger partial charge on any atom is -0.140 e. The Balaban J connectivity index is 2.31. The summed E-state index contributed by atoms with van der Waals surface area (Å²) in [6, 6.07) is 8.33. The molecule has 0 aliphatic heterocycles. The maximum Gasteiger partial charge on any atom is 0.307 e. The van der Waals surface area contributed by atoms with E-state index in [-0.39, 0.29) is 0 Å². The lowest BCUT2D eigenvalue weighted by Crippen LogP contribution is -2.22. The third kappa shape index (κ3) is 5.94. The Bertz CT molecular complexity index is 313. The van der Waals surface area contributed by atoms with Crippen LogP contribution >= 0.6 is 22.2 Å². The second kappa shape index (κ2) is 9.01. The van der Waals surface area contributed by atoms with Gasteiger partial charge < -0.3 is 0 Å². The lowest BCUT2D eigenvalue weighted by molar-refractivity contribution is 0.608. The number of unbranched alkanes of at least 4 members (excludes halogenated alkanes) is 5. The van der Waals surface area contributed by atoms with Crippen molar-refractivity contribution in [2.75, 3.05) is 0 Å². The lowest BCUT2D eigenvalue weighted by atomic mass is 10.1. The third-order valence-corrected chi connectivity index (χ3v) is 5.14. The molecule has 17 heavy (non-hydrogen) atoms. The van der Waals surface area contributed by atoms with Gasteiger partial charge in [-0.3, -0.25) is 0 Å². The second-order valence-electron chi connectivity index (χ2n) is 4.44. The fraction of sp³-hybridized carbons (Fsp3) is 0.571. The molecule has 1 aromatic carbocycles. The van der Waals surface area contributed by atoms with E-state index >= 15 is 0 Å². The van der Waals surface area contributed by atoms with Gasteiger partial charge in [0.2, 0.25) is 0 Å². The molecule has 0 aliphatic rings. The monoisotopic (exact) mass is 287 g/mol. The molecule has 0 N–H and O–H groups in total. The zero-order chi connectivity index (χ0) is 12.5. The molecule has 0 saturated heterocycles. The predicted octanol–water partition coefficient (Wildman–Crippen LogP) is 4.76. The molecular weight excluding hydrogens is 267 g/mol. The first-order chi connectivity index (χ1) is 8.25. The zero-order valence-corrected chi connectivity index (χ0v) is 13.0. The molecule has 0 saturated carbocycles. The molecule has 3 heteroatoms. The summed E-state index contributed by atoms with van der Waals surface area (Å²) in [5, 5.41) is 1.18. The van der Waals surface area contributed by atoms with Crippen molar-refractivity contribution in [2.45, 2.75) is 51.9 Å². The number of hydrogen-bond acceptors (Lipinski definition) is 0. The average Bonchev–Trinajstić information content (AvgIpc) is 2.34. The highest BCUT2D eigenvalue weighted by molar-refractivity contribution is 7.39. The first kappa shape index (κ1) is 15.1. The van der Waals surface area contributed by atoms with Gasteiger partial charge in [-0.2, -0.15) is 0 Å². The molecule has 95 valence electrons. The van der Waals surface area contributed by atoms with E-state index in [1.54, 1.807) is 0 Å². The molecule has 0 heterocycles. The van der Waals surface area contributed by atoms with Crippen LogP contribution in [0, 0.1) is 0 Å². The van der Waals surface area contributed by atoms with Gasteiger partial charge >= 0.3 is 7.42 Å². The van der Waals surface area contributed by atoms with Gasteiger partial charge in [0.1, 0.15) is 0 Å². The van der Waals surface area contributed by atoms with Gasteiger partial charge in [0.25, 0.3) is 0 Å². The summed E-state index contributed by atoms with van der Waals surface area (Å²) in [4.78, 5) is 0. The van der Waals surface area contributed by atoms with E-state index in [1.165, 1.54) is 49.3 Å². The molecule has 0 fully saturated rings. The van der Waals surface area contributed by atoms with Crippen molar-refractivity contribution in [3.05, 3.63) is 29.8 Å². The molecule has 0 aromatic heterocycles. The summed E-state index contributed by atoms with van der Waals surface area (Å²) in [6.45, 7) is 2.25. The molecule has 0 atom stereocenters. The maximum absolute atomic E-state index is 6.06. The van der Waals surface area contributed by atoms with Gasteiger partial charge in [-0.1, -0.05) is 63.3 Å². The van der Waals surface area contributed by atoms with Crippen LogP contribution in [0.4, 0.5) is 0 Å². The summed E-state index contributed by atoms with van der Waals surface area (Å²) in [7, 11) is -1.35. The third-order valence-electron chi connectivity index (χ3n) is 3.02. The first-order valence-corrected chi connectivity index (χ1v) is 10.0. The standard InChI is InChI=1S/C14H21Cl2Si/c1-2-3-4-5-6-7-10-13-11-8-9-12-14(13)17(15)16/h8-9,11-12H,2-7,10H2,1H3. The van der Waals surface area contributed by atoms with Gasteiger partial charge in [0.15, 0.2) is 0 Å². The van der Waals surface area contributed by atoms with Gasteiger partial charge in [-0.15, -0.1) is 22.2 Å². The van der Waals surface area contributed by atoms with Crippen LogP contribution < -0.4 is 5.19 Å². The van der Waals surface area contributed by atoms with E-state index in [0.717, 1.165) is 6.42 Å². The minimum absolute atomic E-state index is 1.12. The smallest absolute Gasteiger partial charge is 0.140 e. The molecule has 0 unspecified atom stereocenters. The van der Waals surface area contributed by atoms with E-state index in [1.807, 2.05) is 6.07 Å². The highest BCUT2D eigenvalue weighted by Crippen LogP contribution is 2.10. The van der Waals surface area contributed by atoms with E-state index in [2.05, 4.69) is 25.1 Å². The van der Waals surface area contributed by atoms with Crippen LogP contribution in [0.1, 0.15) is 51.0 Å². The van der Waals surface area contributed by atoms with Crippen molar-refractivity contribution in [1.29, 1.82) is 0 Å². The Morgan fingerprint density at radius 2 is 1.59 bits per heavy atom. The Morgan fingerprint density at radius 1 is 0.941 bits per heavy atom.